The molecule has 1 atom stereocenters. The fourth-order valence-electron chi connectivity index (χ4n) is 4.20. The molecule has 2 aromatic heterocycles. The molecule has 2 saturated heterocycles. The lowest BCUT2D eigenvalue weighted by Gasteiger charge is -2.50. The van der Waals surface area contributed by atoms with Crippen molar-refractivity contribution in [2.45, 2.75) is 25.0 Å². The summed E-state index contributed by atoms with van der Waals surface area (Å²) in [6.07, 6.45) is 6.77. The molecule has 0 radical (unpaired) electrons. The van der Waals surface area contributed by atoms with E-state index >= 15 is 0 Å². The predicted octanol–water partition coefficient (Wildman–Crippen LogP) is 0.976. The van der Waals surface area contributed by atoms with Crippen molar-refractivity contribution >= 4 is 11.8 Å². The molecule has 2 aliphatic rings. The van der Waals surface area contributed by atoms with Gasteiger partial charge in [-0.1, -0.05) is 0 Å². The molecule has 1 spiro atoms. The minimum atomic E-state index is -0.296. The maximum atomic E-state index is 12.7. The first-order chi connectivity index (χ1) is 14.6. The highest BCUT2D eigenvalue weighted by Crippen LogP contribution is 2.41. The third-order valence-corrected chi connectivity index (χ3v) is 5.91. The normalized spacial score (nSPS) is 19.6. The van der Waals surface area contributed by atoms with E-state index in [1.807, 2.05) is 0 Å². The van der Waals surface area contributed by atoms with Gasteiger partial charge in [-0.25, -0.2) is 0 Å². The summed E-state index contributed by atoms with van der Waals surface area (Å²) in [6, 6.07) is 5.13. The average Bonchev–Trinajstić information content (AvgIpc) is 3.38. The number of methoxy groups -OCH3 is 1. The Labute approximate surface area is 175 Å². The summed E-state index contributed by atoms with van der Waals surface area (Å²) in [4.78, 5) is 30.6. The van der Waals surface area contributed by atoms with Crippen molar-refractivity contribution in [3.8, 4) is 0 Å². The van der Waals surface area contributed by atoms with E-state index in [1.165, 1.54) is 0 Å². The standard InChI is InChI=1S/C21H27N5O4/c1-29-13-11-26-10-5-18(24-26)20(28)25-14-21(15-25)17(6-12-30-21)4-9-23-19(27)16-2-7-22-8-3-16/h2-3,5,7-8,10,17H,4,6,9,11-15H2,1H3,(H,23,27)/t17-/m1/s1. The van der Waals surface area contributed by atoms with Gasteiger partial charge in [0, 0.05) is 44.4 Å². The lowest BCUT2D eigenvalue weighted by molar-refractivity contribution is -0.118. The average molecular weight is 413 g/mol. The highest BCUT2D eigenvalue weighted by atomic mass is 16.5. The molecule has 2 aromatic rings. The molecule has 0 saturated carbocycles. The van der Waals surface area contributed by atoms with E-state index in [4.69, 9.17) is 9.47 Å². The SMILES string of the molecule is COCCn1ccc(C(=O)N2CC3(C2)OCC[C@H]3CCNC(=O)c2ccncc2)n1. The zero-order valence-electron chi connectivity index (χ0n) is 17.1. The Bertz CT molecular complexity index is 879. The zero-order valence-corrected chi connectivity index (χ0v) is 17.1. The zero-order chi connectivity index (χ0) is 21.0. The smallest absolute Gasteiger partial charge is 0.274 e. The summed E-state index contributed by atoms with van der Waals surface area (Å²) >= 11 is 0. The van der Waals surface area contributed by atoms with E-state index in [-0.39, 0.29) is 17.4 Å². The summed E-state index contributed by atoms with van der Waals surface area (Å²) in [5, 5.41) is 7.30. The van der Waals surface area contributed by atoms with Gasteiger partial charge in [0.1, 0.15) is 11.3 Å². The molecule has 2 aliphatic heterocycles. The van der Waals surface area contributed by atoms with E-state index in [0.29, 0.717) is 56.6 Å². The Kier molecular flexibility index (Phi) is 6.10. The maximum Gasteiger partial charge on any atom is 0.274 e. The summed E-state index contributed by atoms with van der Waals surface area (Å²) in [5.74, 6) is 0.149. The van der Waals surface area contributed by atoms with Crippen molar-refractivity contribution in [3.63, 3.8) is 0 Å². The van der Waals surface area contributed by atoms with Crippen molar-refractivity contribution < 1.29 is 19.1 Å². The minimum absolute atomic E-state index is 0.0722. The monoisotopic (exact) mass is 413 g/mol. The molecular weight excluding hydrogens is 386 g/mol. The van der Waals surface area contributed by atoms with Crippen molar-refractivity contribution in [1.82, 2.24) is 25.0 Å². The molecule has 4 rings (SSSR count). The highest BCUT2D eigenvalue weighted by Gasteiger charge is 2.54. The van der Waals surface area contributed by atoms with Crippen LogP contribution in [-0.4, -0.2) is 77.0 Å². The van der Waals surface area contributed by atoms with E-state index < -0.39 is 0 Å². The van der Waals surface area contributed by atoms with Gasteiger partial charge in [-0.15, -0.1) is 0 Å². The summed E-state index contributed by atoms with van der Waals surface area (Å²) in [6.45, 7) is 3.57. The number of hydrogen-bond acceptors (Lipinski definition) is 6. The number of hydrogen-bond donors (Lipinski definition) is 1. The van der Waals surface area contributed by atoms with Gasteiger partial charge in [0.05, 0.1) is 26.2 Å². The predicted molar refractivity (Wildman–Crippen MR) is 108 cm³/mol. The highest BCUT2D eigenvalue weighted by molar-refractivity contribution is 5.94. The Balaban J connectivity index is 1.26. The van der Waals surface area contributed by atoms with E-state index in [0.717, 1.165) is 12.8 Å². The number of nitrogens with one attached hydrogen (secondary N) is 1. The van der Waals surface area contributed by atoms with Crippen molar-refractivity contribution in [3.05, 3.63) is 48.0 Å². The minimum Gasteiger partial charge on any atom is -0.383 e. The second-order valence-corrected chi connectivity index (χ2v) is 7.80. The largest absolute Gasteiger partial charge is 0.383 e. The topological polar surface area (TPSA) is 98.6 Å². The van der Waals surface area contributed by atoms with Gasteiger partial charge in [-0.2, -0.15) is 5.10 Å². The van der Waals surface area contributed by atoms with Crippen LogP contribution in [0.5, 0.6) is 0 Å². The number of rotatable bonds is 8. The summed E-state index contributed by atoms with van der Waals surface area (Å²) < 4.78 is 12.8. The first-order valence-corrected chi connectivity index (χ1v) is 10.3. The molecule has 0 aliphatic carbocycles. The van der Waals surface area contributed by atoms with E-state index in [9.17, 15) is 9.59 Å². The molecular formula is C21H27N5O4. The number of carbonyl (C=O) groups is 2. The Hall–Kier alpha value is -2.78. The van der Waals surface area contributed by atoms with Crippen LogP contribution >= 0.6 is 0 Å². The molecule has 2 fully saturated rings. The second-order valence-electron chi connectivity index (χ2n) is 7.80. The number of aromatic nitrogens is 3. The van der Waals surface area contributed by atoms with Gasteiger partial charge < -0.3 is 19.7 Å². The van der Waals surface area contributed by atoms with Crippen LogP contribution < -0.4 is 5.32 Å². The van der Waals surface area contributed by atoms with Gasteiger partial charge in [0.25, 0.3) is 11.8 Å². The molecule has 1 N–H and O–H groups in total. The molecule has 9 heteroatoms. The van der Waals surface area contributed by atoms with Gasteiger partial charge >= 0.3 is 0 Å². The number of ether oxygens (including phenoxy) is 2. The fraction of sp³-hybridized carbons (Fsp3) is 0.524. The van der Waals surface area contributed by atoms with E-state index in [2.05, 4.69) is 15.4 Å². The third kappa shape index (κ3) is 4.22. The van der Waals surface area contributed by atoms with Crippen LogP contribution in [0.1, 0.15) is 33.7 Å². The lowest BCUT2D eigenvalue weighted by atomic mass is 9.78. The summed E-state index contributed by atoms with van der Waals surface area (Å²) in [7, 11) is 1.64. The van der Waals surface area contributed by atoms with Crippen LogP contribution in [0.2, 0.25) is 0 Å². The molecule has 30 heavy (non-hydrogen) atoms. The van der Waals surface area contributed by atoms with Gasteiger partial charge in [-0.3, -0.25) is 19.3 Å². The van der Waals surface area contributed by atoms with Crippen LogP contribution in [0.15, 0.2) is 36.8 Å². The number of amides is 2. The van der Waals surface area contributed by atoms with Crippen LogP contribution in [0.25, 0.3) is 0 Å². The van der Waals surface area contributed by atoms with Crippen LogP contribution in [0.3, 0.4) is 0 Å². The molecule has 9 nitrogen and oxygen atoms in total. The van der Waals surface area contributed by atoms with Crippen LogP contribution in [-0.2, 0) is 16.0 Å². The maximum absolute atomic E-state index is 12.7. The number of nitrogens with zero attached hydrogens (tertiary/aromatic N) is 4. The molecule has 0 unspecified atom stereocenters. The number of carbonyl (C=O) groups excluding carboxylic acids is 2. The van der Waals surface area contributed by atoms with Crippen LogP contribution in [0.4, 0.5) is 0 Å². The summed E-state index contributed by atoms with van der Waals surface area (Å²) in [5.41, 5.74) is 0.753. The quantitative estimate of drug-likeness (QED) is 0.693. The first-order valence-electron chi connectivity index (χ1n) is 10.3. The first kappa shape index (κ1) is 20.5. The second kappa shape index (κ2) is 8.93. The van der Waals surface area contributed by atoms with Crippen molar-refractivity contribution in [2.75, 3.05) is 40.0 Å². The van der Waals surface area contributed by atoms with Gasteiger partial charge in [0.15, 0.2) is 0 Å². The molecule has 2 amide bonds. The number of pyridine rings is 1. The molecule has 0 bridgehead atoms. The van der Waals surface area contributed by atoms with Crippen LogP contribution in [0, 0.1) is 5.92 Å². The lowest BCUT2D eigenvalue weighted by Crippen LogP contribution is -2.66. The Morgan fingerprint density at radius 1 is 1.30 bits per heavy atom. The Morgan fingerprint density at radius 3 is 2.87 bits per heavy atom. The van der Waals surface area contributed by atoms with E-state index in [1.54, 1.807) is 53.5 Å². The molecule has 0 aromatic carbocycles. The van der Waals surface area contributed by atoms with Gasteiger partial charge in [0.2, 0.25) is 0 Å². The number of likely N-dealkylation sites (tertiary alicyclic amines) is 1. The van der Waals surface area contributed by atoms with Gasteiger partial charge in [-0.05, 0) is 37.0 Å². The van der Waals surface area contributed by atoms with Crippen molar-refractivity contribution in [2.24, 2.45) is 5.92 Å². The third-order valence-electron chi connectivity index (χ3n) is 5.91. The molecule has 4 heterocycles. The fourth-order valence-corrected chi connectivity index (χ4v) is 4.20. The Morgan fingerprint density at radius 2 is 2.10 bits per heavy atom. The molecule has 160 valence electrons. The van der Waals surface area contributed by atoms with Crippen molar-refractivity contribution in [1.29, 1.82) is 0 Å².